The van der Waals surface area contributed by atoms with Crippen LogP contribution in [0.1, 0.15) is 73.5 Å². The number of amides is 1. The Balaban J connectivity index is 0.000000309. The monoisotopic (exact) mass is 666 g/mol. The van der Waals surface area contributed by atoms with Gasteiger partial charge in [-0.1, -0.05) is 31.1 Å². The molecule has 0 spiro atoms. The molecule has 2 aliphatic rings. The quantitative estimate of drug-likeness (QED) is 0.0956. The zero-order valence-electron chi connectivity index (χ0n) is 25.6. The fourth-order valence-corrected chi connectivity index (χ4v) is 5.93. The summed E-state index contributed by atoms with van der Waals surface area (Å²) in [7, 11) is 3.50. The fraction of sp³-hybridized carbons (Fsp3) is 0.375. The molecule has 2 fully saturated rings. The first-order valence-electron chi connectivity index (χ1n) is 14.2. The number of aryl methyl sites for hydroxylation is 1. The molecule has 2 aromatic carbocycles. The first kappa shape index (κ1) is 39.1. The number of nitrogens with two attached hydrogens (primary N) is 1. The van der Waals surface area contributed by atoms with Crippen LogP contribution in [0.25, 0.3) is 27.6 Å². The van der Waals surface area contributed by atoms with Gasteiger partial charge in [-0.2, -0.15) is 12.1 Å². The Hall–Kier alpha value is -2.10. The van der Waals surface area contributed by atoms with Crippen molar-refractivity contribution in [2.45, 2.75) is 70.3 Å². The number of nitrogens with zero attached hydrogens (tertiary/aromatic N) is 2. The third-order valence-corrected chi connectivity index (χ3v) is 8.32. The predicted octanol–water partition coefficient (Wildman–Crippen LogP) is 5.37. The van der Waals surface area contributed by atoms with E-state index in [2.05, 4.69) is 47.8 Å². The van der Waals surface area contributed by atoms with Crippen molar-refractivity contribution in [1.29, 1.82) is 0 Å². The van der Waals surface area contributed by atoms with E-state index in [1.165, 1.54) is 41.0 Å². The SMILES string of the molecule is Cc1cc(OC2CC2)c2nc(C3CC3)sc2c1.[CH2-]Nc1[c-]cc(C(CCC)CNC=O)nc1-c1cc(F)c(F)cc1F.[K+].[NH2-].[OH-]. The van der Waals surface area contributed by atoms with Crippen LogP contribution in [0.4, 0.5) is 18.9 Å². The van der Waals surface area contributed by atoms with Crippen LogP contribution < -0.4 is 66.8 Å². The molecule has 0 radical (unpaired) electrons. The van der Waals surface area contributed by atoms with E-state index in [1.54, 1.807) is 6.07 Å². The minimum atomic E-state index is -1.27. The van der Waals surface area contributed by atoms with Crippen LogP contribution in [0.15, 0.2) is 30.3 Å². The van der Waals surface area contributed by atoms with Gasteiger partial charge in [-0.3, -0.25) is 11.8 Å². The number of ether oxygens (including phenoxy) is 1. The van der Waals surface area contributed by atoms with Crippen molar-refractivity contribution in [2.24, 2.45) is 0 Å². The van der Waals surface area contributed by atoms with Crippen molar-refractivity contribution in [3.05, 3.63) is 83.3 Å². The largest absolute Gasteiger partial charge is 1.00 e. The van der Waals surface area contributed by atoms with Crippen molar-refractivity contribution in [2.75, 3.05) is 11.9 Å². The maximum atomic E-state index is 14.1. The van der Waals surface area contributed by atoms with Crippen LogP contribution in [-0.2, 0) is 4.79 Å². The van der Waals surface area contributed by atoms with Gasteiger partial charge in [0.05, 0.1) is 15.8 Å². The topological polar surface area (TPSA) is 140 Å². The zero-order chi connectivity index (χ0) is 29.8. The molecule has 238 valence electrons. The first-order valence-corrected chi connectivity index (χ1v) is 15.0. The molecule has 1 unspecified atom stereocenters. The van der Waals surface area contributed by atoms with E-state index in [4.69, 9.17) is 9.72 Å². The number of fused-ring (bicyclic) bond motifs is 1. The molecular formula is C32H36F3KN5O3S-3. The summed E-state index contributed by atoms with van der Waals surface area (Å²) in [5.41, 5.74) is 3.08. The summed E-state index contributed by atoms with van der Waals surface area (Å²) in [5, 5.41) is 6.49. The minimum absolute atomic E-state index is 0. The van der Waals surface area contributed by atoms with E-state index in [1.807, 2.05) is 18.3 Å². The summed E-state index contributed by atoms with van der Waals surface area (Å²) in [6.07, 6.45) is 7.66. The Kier molecular flexibility index (Phi) is 15.4. The summed E-state index contributed by atoms with van der Waals surface area (Å²) < 4.78 is 48.2. The van der Waals surface area contributed by atoms with Crippen molar-refractivity contribution < 1.29 is 79.6 Å². The summed E-state index contributed by atoms with van der Waals surface area (Å²) >= 11 is 1.85. The molecule has 0 bridgehead atoms. The number of thiazole rings is 1. The molecular weight excluding hydrogens is 631 g/mol. The van der Waals surface area contributed by atoms with E-state index in [-0.39, 0.29) is 85.9 Å². The summed E-state index contributed by atoms with van der Waals surface area (Å²) in [4.78, 5) is 19.8. The average molecular weight is 667 g/mol. The van der Waals surface area contributed by atoms with E-state index < -0.39 is 17.5 Å². The second-order valence-electron chi connectivity index (χ2n) is 10.7. The van der Waals surface area contributed by atoms with Crippen LogP contribution in [0.3, 0.4) is 0 Å². The van der Waals surface area contributed by atoms with Gasteiger partial charge in [-0.05, 0) is 73.5 Å². The van der Waals surface area contributed by atoms with Gasteiger partial charge in [0, 0.05) is 18.5 Å². The standard InChI is InChI=1S/C18H18F3N3O.C14H15NOS.K.H2N.H2O/c1-3-4-11(9-23-10-25)16-5-6-17(22-2)18(24-16)12-7-14(20)15(21)8-13(12)19;1-8-6-11(16-10-4-5-10)13-12(7-8)17-14(15-13)9-2-3-9;;;/h5,7-8,10-11,22H,2-4,9H2,1H3,(H,23,25);6-7,9-10H,2-5H2,1H3;;2*1H2/q-2;;+1;-1;/p-1. The van der Waals surface area contributed by atoms with E-state index >= 15 is 0 Å². The molecule has 13 heteroatoms. The average Bonchev–Trinajstić information content (AvgIpc) is 3.92. The van der Waals surface area contributed by atoms with Gasteiger partial charge in [-0.15, -0.1) is 11.3 Å². The smallest absolute Gasteiger partial charge is 0.870 e. The fourth-order valence-electron chi connectivity index (χ4n) is 4.68. The molecule has 45 heavy (non-hydrogen) atoms. The number of anilines is 1. The number of aromatic nitrogens is 2. The Labute approximate surface area is 308 Å². The van der Waals surface area contributed by atoms with Gasteiger partial charge in [0.1, 0.15) is 17.1 Å². The molecule has 6 rings (SSSR count). The van der Waals surface area contributed by atoms with E-state index in [0.717, 1.165) is 36.1 Å². The van der Waals surface area contributed by atoms with Gasteiger partial charge < -0.3 is 32.0 Å². The van der Waals surface area contributed by atoms with Gasteiger partial charge in [0.2, 0.25) is 6.41 Å². The molecule has 4 aromatic rings. The Morgan fingerprint density at radius 3 is 2.44 bits per heavy atom. The van der Waals surface area contributed by atoms with Crippen molar-refractivity contribution in [3.8, 4) is 17.0 Å². The van der Waals surface area contributed by atoms with Crippen LogP contribution >= 0.6 is 11.3 Å². The van der Waals surface area contributed by atoms with Crippen LogP contribution in [-0.4, -0.2) is 34.5 Å². The third-order valence-electron chi connectivity index (χ3n) is 7.15. The second kappa shape index (κ2) is 17.7. The number of hydrogen-bond acceptors (Lipinski definition) is 7. The number of hydrogen-bond donors (Lipinski definition) is 2. The molecule has 0 aliphatic heterocycles. The van der Waals surface area contributed by atoms with Crippen molar-refractivity contribution in [3.63, 3.8) is 0 Å². The van der Waals surface area contributed by atoms with E-state index in [9.17, 15) is 18.0 Å². The molecule has 2 saturated carbocycles. The summed E-state index contributed by atoms with van der Waals surface area (Å²) in [5.74, 6) is -1.76. The number of halogens is 3. The van der Waals surface area contributed by atoms with E-state index in [0.29, 0.717) is 30.8 Å². The minimum Gasteiger partial charge on any atom is -0.870 e. The Morgan fingerprint density at radius 1 is 1.11 bits per heavy atom. The number of pyridine rings is 1. The van der Waals surface area contributed by atoms with Crippen LogP contribution in [0, 0.1) is 37.5 Å². The van der Waals surface area contributed by atoms with Crippen molar-refractivity contribution >= 4 is 33.7 Å². The normalized spacial score (nSPS) is 14.1. The second-order valence-corrected chi connectivity index (χ2v) is 11.8. The van der Waals surface area contributed by atoms with Crippen molar-refractivity contribution in [1.82, 2.24) is 15.3 Å². The summed E-state index contributed by atoms with van der Waals surface area (Å²) in [6, 6.07) is 10.1. The molecule has 0 saturated heterocycles. The number of nitrogens with one attached hydrogen (secondary N) is 2. The third kappa shape index (κ3) is 9.94. The Bertz CT molecular complexity index is 1580. The first-order chi connectivity index (χ1) is 20.3. The molecule has 2 heterocycles. The van der Waals surface area contributed by atoms with Crippen LogP contribution in [0.2, 0.25) is 0 Å². The van der Waals surface area contributed by atoms with Gasteiger partial charge in [0.25, 0.3) is 0 Å². The maximum absolute atomic E-state index is 14.1. The number of benzene rings is 2. The number of rotatable bonds is 11. The van der Waals surface area contributed by atoms with Crippen LogP contribution in [0.5, 0.6) is 5.75 Å². The number of carbonyl (C=O) groups excluding carboxylic acids is 1. The molecule has 2 aliphatic carbocycles. The number of carbonyl (C=O) groups is 1. The molecule has 5 N–H and O–H groups in total. The maximum Gasteiger partial charge on any atom is 1.00 e. The molecule has 1 atom stereocenters. The molecule has 1 amide bonds. The predicted molar refractivity (Wildman–Crippen MR) is 166 cm³/mol. The van der Waals surface area contributed by atoms with Gasteiger partial charge in [0.15, 0.2) is 11.6 Å². The Morgan fingerprint density at radius 2 is 1.82 bits per heavy atom. The summed E-state index contributed by atoms with van der Waals surface area (Å²) in [6.45, 7) is 4.48. The van der Waals surface area contributed by atoms with Gasteiger partial charge in [-0.25, -0.2) is 18.2 Å². The zero-order valence-corrected chi connectivity index (χ0v) is 29.6. The van der Waals surface area contributed by atoms with Gasteiger partial charge >= 0.3 is 51.4 Å². The molecule has 2 aromatic heterocycles. The molecule has 8 nitrogen and oxygen atoms in total.